The molecule has 1 aromatic heterocycles. The predicted molar refractivity (Wildman–Crippen MR) is 95.9 cm³/mol. The van der Waals surface area contributed by atoms with Crippen molar-refractivity contribution >= 4 is 11.0 Å². The molecule has 3 rings (SSSR count). The molecule has 0 aliphatic heterocycles. The van der Waals surface area contributed by atoms with Crippen LogP contribution in [-0.4, -0.2) is 9.55 Å². The van der Waals surface area contributed by atoms with Gasteiger partial charge in [-0.1, -0.05) is 56.7 Å². The molecule has 0 unspecified atom stereocenters. The van der Waals surface area contributed by atoms with Gasteiger partial charge in [0.2, 0.25) is 0 Å². The van der Waals surface area contributed by atoms with Crippen LogP contribution >= 0.6 is 0 Å². The molecule has 0 spiro atoms. The summed E-state index contributed by atoms with van der Waals surface area (Å²) < 4.78 is 1.71. The van der Waals surface area contributed by atoms with E-state index in [1.54, 1.807) is 4.57 Å². The van der Waals surface area contributed by atoms with Gasteiger partial charge >= 0.3 is 0 Å². The highest BCUT2D eigenvalue weighted by Crippen LogP contribution is 2.25. The summed E-state index contributed by atoms with van der Waals surface area (Å²) >= 11 is 0. The molecule has 0 aliphatic carbocycles. The number of nitrogens with zero attached hydrogens (tertiary/aromatic N) is 2. The minimum absolute atomic E-state index is 0.0222. The summed E-state index contributed by atoms with van der Waals surface area (Å²) in [6.07, 6.45) is 0. The molecule has 0 atom stereocenters. The first-order valence-electron chi connectivity index (χ1n) is 7.86. The van der Waals surface area contributed by atoms with Gasteiger partial charge in [0.25, 0.3) is 5.56 Å². The first-order chi connectivity index (χ1) is 10.8. The maximum Gasteiger partial charge on any atom is 0.273 e. The first-order valence-corrected chi connectivity index (χ1v) is 7.86. The van der Waals surface area contributed by atoms with Crippen molar-refractivity contribution in [2.75, 3.05) is 0 Å². The highest BCUT2D eigenvalue weighted by Gasteiger charge is 2.21. The molecule has 2 aromatic carbocycles. The molecule has 3 nitrogen and oxygen atoms in total. The molecule has 3 aromatic rings. The number of hydrogen-bond donors (Lipinski definition) is 0. The van der Waals surface area contributed by atoms with Crippen molar-refractivity contribution in [3.05, 3.63) is 64.1 Å². The van der Waals surface area contributed by atoms with E-state index >= 15 is 0 Å². The molecule has 23 heavy (non-hydrogen) atoms. The summed E-state index contributed by atoms with van der Waals surface area (Å²) in [6, 6.07) is 14.5. The quantitative estimate of drug-likeness (QED) is 0.675. The largest absolute Gasteiger partial charge is 0.308 e. The maximum absolute atomic E-state index is 12.6. The van der Waals surface area contributed by atoms with Crippen LogP contribution in [0, 0.1) is 6.92 Å². The molecular formula is C20H22N2O. The third-order valence-corrected chi connectivity index (χ3v) is 4.17. The van der Waals surface area contributed by atoms with Crippen molar-refractivity contribution in [3.63, 3.8) is 0 Å². The van der Waals surface area contributed by atoms with Crippen LogP contribution in [0.5, 0.6) is 0 Å². The van der Waals surface area contributed by atoms with Gasteiger partial charge in [0.05, 0.1) is 11.0 Å². The van der Waals surface area contributed by atoms with E-state index in [2.05, 4.69) is 42.2 Å². The molecule has 3 heteroatoms. The Morgan fingerprint density at radius 3 is 2.17 bits per heavy atom. The Morgan fingerprint density at radius 1 is 0.957 bits per heavy atom. The third-order valence-electron chi connectivity index (χ3n) is 4.17. The summed E-state index contributed by atoms with van der Waals surface area (Å²) in [6.45, 7) is 8.13. The second-order valence-electron chi connectivity index (χ2n) is 7.14. The van der Waals surface area contributed by atoms with Crippen molar-refractivity contribution in [1.29, 1.82) is 0 Å². The minimum Gasteiger partial charge on any atom is -0.308 e. The van der Waals surface area contributed by atoms with Gasteiger partial charge in [0, 0.05) is 12.5 Å². The van der Waals surface area contributed by atoms with Gasteiger partial charge in [-0.15, -0.1) is 0 Å². The Morgan fingerprint density at radius 2 is 1.57 bits per heavy atom. The van der Waals surface area contributed by atoms with E-state index in [1.165, 1.54) is 5.56 Å². The Hall–Kier alpha value is -2.42. The summed E-state index contributed by atoms with van der Waals surface area (Å²) in [5.41, 5.74) is 5.51. The lowest BCUT2D eigenvalue weighted by Crippen LogP contribution is -2.31. The van der Waals surface area contributed by atoms with Gasteiger partial charge in [0.1, 0.15) is 5.69 Å². The van der Waals surface area contributed by atoms with Crippen LogP contribution in [0.4, 0.5) is 0 Å². The van der Waals surface area contributed by atoms with Gasteiger partial charge in [-0.25, -0.2) is 4.98 Å². The monoisotopic (exact) mass is 306 g/mol. The van der Waals surface area contributed by atoms with Crippen LogP contribution < -0.4 is 5.56 Å². The Kier molecular flexibility index (Phi) is 3.59. The lowest BCUT2D eigenvalue weighted by Gasteiger charge is -2.19. The smallest absolute Gasteiger partial charge is 0.273 e. The van der Waals surface area contributed by atoms with Crippen LogP contribution in [0.15, 0.2) is 47.3 Å². The zero-order valence-electron chi connectivity index (χ0n) is 14.3. The summed E-state index contributed by atoms with van der Waals surface area (Å²) in [4.78, 5) is 17.2. The number of benzene rings is 2. The van der Waals surface area contributed by atoms with E-state index in [4.69, 9.17) is 0 Å². The highest BCUT2D eigenvalue weighted by atomic mass is 16.1. The Labute approximate surface area is 136 Å². The topological polar surface area (TPSA) is 34.9 Å². The molecule has 0 saturated carbocycles. The number of hydrogen-bond acceptors (Lipinski definition) is 2. The van der Waals surface area contributed by atoms with Crippen LogP contribution in [0.2, 0.25) is 0 Å². The minimum atomic E-state index is -0.265. The molecule has 0 radical (unpaired) electrons. The van der Waals surface area contributed by atoms with Crippen LogP contribution in [0.1, 0.15) is 32.0 Å². The van der Waals surface area contributed by atoms with E-state index in [9.17, 15) is 4.79 Å². The molecule has 0 saturated heterocycles. The maximum atomic E-state index is 12.6. The average Bonchev–Trinajstić information content (AvgIpc) is 2.50. The number of aryl methyl sites for hydroxylation is 2. The molecule has 0 fully saturated rings. The Balaban J connectivity index is 2.23. The highest BCUT2D eigenvalue weighted by molar-refractivity contribution is 5.82. The van der Waals surface area contributed by atoms with Crippen molar-refractivity contribution in [3.8, 4) is 11.1 Å². The van der Waals surface area contributed by atoms with Crippen LogP contribution in [0.25, 0.3) is 22.2 Å². The lowest BCUT2D eigenvalue weighted by molar-refractivity contribution is 0.555. The number of aromatic nitrogens is 2. The summed E-state index contributed by atoms with van der Waals surface area (Å²) in [5, 5.41) is 0. The Bertz CT molecular complexity index is 929. The second kappa shape index (κ2) is 5.34. The molecule has 118 valence electrons. The van der Waals surface area contributed by atoms with Gasteiger partial charge in [0.15, 0.2) is 0 Å². The number of fused-ring (bicyclic) bond motifs is 1. The van der Waals surface area contributed by atoms with Crippen molar-refractivity contribution in [2.45, 2.75) is 33.1 Å². The molecule has 0 aliphatic rings. The van der Waals surface area contributed by atoms with Crippen LogP contribution in [-0.2, 0) is 12.5 Å². The number of rotatable bonds is 1. The summed E-state index contributed by atoms with van der Waals surface area (Å²) in [5.74, 6) is 0. The first kappa shape index (κ1) is 15.5. The second-order valence-corrected chi connectivity index (χ2v) is 7.14. The average molecular weight is 306 g/mol. The fourth-order valence-electron chi connectivity index (χ4n) is 2.74. The van der Waals surface area contributed by atoms with Gasteiger partial charge in [-0.2, -0.15) is 0 Å². The normalized spacial score (nSPS) is 11.9. The molecule has 0 amide bonds. The molecular weight excluding hydrogens is 284 g/mol. The zero-order chi connectivity index (χ0) is 16.8. The fraction of sp³-hybridized carbons (Fsp3) is 0.300. The predicted octanol–water partition coefficient (Wildman–Crippen LogP) is 4.21. The van der Waals surface area contributed by atoms with Gasteiger partial charge < -0.3 is 4.57 Å². The van der Waals surface area contributed by atoms with Crippen LogP contribution in [0.3, 0.4) is 0 Å². The SMILES string of the molecule is Cc1ccc(-c2ccc3nc(C(C)(C)C)c(=O)n(C)c3c2)cc1. The van der Waals surface area contributed by atoms with E-state index in [0.29, 0.717) is 5.69 Å². The standard InChI is InChI=1S/C20H22N2O/c1-13-6-8-14(9-7-13)15-10-11-16-17(12-15)22(5)19(23)18(21-16)20(2,3)4/h6-12H,1-5H3. The van der Waals surface area contributed by atoms with E-state index in [1.807, 2.05) is 40.0 Å². The van der Waals surface area contributed by atoms with Crippen molar-refractivity contribution in [1.82, 2.24) is 9.55 Å². The van der Waals surface area contributed by atoms with E-state index in [-0.39, 0.29) is 11.0 Å². The van der Waals surface area contributed by atoms with Gasteiger partial charge in [-0.3, -0.25) is 4.79 Å². The molecule has 0 N–H and O–H groups in total. The lowest BCUT2D eigenvalue weighted by atomic mass is 9.92. The fourth-order valence-corrected chi connectivity index (χ4v) is 2.74. The zero-order valence-corrected chi connectivity index (χ0v) is 14.3. The van der Waals surface area contributed by atoms with Crippen molar-refractivity contribution < 1.29 is 0 Å². The summed E-state index contributed by atoms with van der Waals surface area (Å²) in [7, 11) is 1.82. The molecule has 0 bridgehead atoms. The van der Waals surface area contributed by atoms with Crippen molar-refractivity contribution in [2.24, 2.45) is 7.05 Å². The molecule has 1 heterocycles. The van der Waals surface area contributed by atoms with E-state index < -0.39 is 0 Å². The van der Waals surface area contributed by atoms with Gasteiger partial charge in [-0.05, 0) is 30.2 Å². The van der Waals surface area contributed by atoms with E-state index in [0.717, 1.165) is 22.2 Å². The third kappa shape index (κ3) is 2.79.